The van der Waals surface area contributed by atoms with Crippen LogP contribution in [0.2, 0.25) is 0 Å². The van der Waals surface area contributed by atoms with Crippen molar-refractivity contribution in [2.75, 3.05) is 5.73 Å². The van der Waals surface area contributed by atoms with E-state index in [4.69, 9.17) is 10.5 Å². The van der Waals surface area contributed by atoms with Crippen molar-refractivity contribution in [3.63, 3.8) is 0 Å². The second kappa shape index (κ2) is 4.06. The van der Waals surface area contributed by atoms with Gasteiger partial charge in [-0.2, -0.15) is 4.37 Å². The van der Waals surface area contributed by atoms with E-state index in [1.807, 2.05) is 12.1 Å². The molecular formula is C9H9N3OS. The molecule has 4 nitrogen and oxygen atoms in total. The lowest BCUT2D eigenvalue weighted by Gasteiger charge is -2.01. The number of pyridine rings is 1. The van der Waals surface area contributed by atoms with Crippen molar-refractivity contribution in [2.24, 2.45) is 0 Å². The van der Waals surface area contributed by atoms with Crippen molar-refractivity contribution in [3.05, 3.63) is 36.3 Å². The predicted octanol–water partition coefficient (Wildman–Crippen LogP) is 1.70. The molecular weight excluding hydrogens is 198 g/mol. The van der Waals surface area contributed by atoms with Crippen LogP contribution in [-0.4, -0.2) is 9.36 Å². The summed E-state index contributed by atoms with van der Waals surface area (Å²) in [6, 6.07) is 5.48. The number of ether oxygens (including phenoxy) is 1. The van der Waals surface area contributed by atoms with Crippen LogP contribution in [0.3, 0.4) is 0 Å². The van der Waals surface area contributed by atoms with Gasteiger partial charge in [0, 0.05) is 6.20 Å². The molecule has 14 heavy (non-hydrogen) atoms. The van der Waals surface area contributed by atoms with Gasteiger partial charge in [-0.25, -0.2) is 0 Å². The molecule has 0 fully saturated rings. The molecule has 0 saturated carbocycles. The maximum atomic E-state index is 5.54. The van der Waals surface area contributed by atoms with E-state index in [1.165, 1.54) is 11.5 Å². The third-order valence-electron chi connectivity index (χ3n) is 1.60. The van der Waals surface area contributed by atoms with E-state index in [-0.39, 0.29) is 0 Å². The van der Waals surface area contributed by atoms with E-state index in [0.717, 1.165) is 11.4 Å². The highest BCUT2D eigenvalue weighted by atomic mass is 32.1. The number of aromatic nitrogens is 2. The molecule has 0 radical (unpaired) electrons. The molecule has 0 aliphatic heterocycles. The van der Waals surface area contributed by atoms with E-state index in [9.17, 15) is 0 Å². The molecule has 5 heteroatoms. The van der Waals surface area contributed by atoms with Gasteiger partial charge in [0.25, 0.3) is 0 Å². The van der Waals surface area contributed by atoms with E-state index >= 15 is 0 Å². The average molecular weight is 207 g/mol. The minimum absolute atomic E-state index is 0.430. The lowest BCUT2D eigenvalue weighted by molar-refractivity contribution is 0.301. The van der Waals surface area contributed by atoms with Gasteiger partial charge in [0.05, 0.1) is 11.9 Å². The molecule has 0 aliphatic carbocycles. The predicted molar refractivity (Wildman–Crippen MR) is 55.1 cm³/mol. The van der Waals surface area contributed by atoms with Crippen LogP contribution in [0, 0.1) is 0 Å². The zero-order valence-electron chi connectivity index (χ0n) is 7.38. The van der Waals surface area contributed by atoms with Gasteiger partial charge >= 0.3 is 0 Å². The maximum Gasteiger partial charge on any atom is 0.138 e. The standard InChI is InChI=1S/C9H9N3OS/c10-9-4-7(12-14-9)6-13-8-2-1-3-11-5-8/h1-5H,6,10H2. The first kappa shape index (κ1) is 8.96. The number of nitrogens with zero attached hydrogens (tertiary/aromatic N) is 2. The SMILES string of the molecule is Nc1cc(COc2cccnc2)ns1. The summed E-state index contributed by atoms with van der Waals surface area (Å²) >= 11 is 1.27. The Morgan fingerprint density at radius 1 is 1.50 bits per heavy atom. The van der Waals surface area contributed by atoms with Crippen LogP contribution in [0.5, 0.6) is 5.75 Å². The van der Waals surface area contributed by atoms with E-state index in [1.54, 1.807) is 18.5 Å². The highest BCUT2D eigenvalue weighted by molar-refractivity contribution is 7.09. The van der Waals surface area contributed by atoms with E-state index < -0.39 is 0 Å². The van der Waals surface area contributed by atoms with Crippen molar-refractivity contribution in [1.29, 1.82) is 0 Å². The first-order valence-electron chi connectivity index (χ1n) is 4.08. The van der Waals surface area contributed by atoms with Crippen LogP contribution in [0.25, 0.3) is 0 Å². The van der Waals surface area contributed by atoms with Gasteiger partial charge in [-0.05, 0) is 29.7 Å². The molecule has 72 valence electrons. The Balaban J connectivity index is 1.95. The second-order valence-corrected chi connectivity index (χ2v) is 3.53. The van der Waals surface area contributed by atoms with E-state index in [2.05, 4.69) is 9.36 Å². The van der Waals surface area contributed by atoms with Crippen LogP contribution >= 0.6 is 11.5 Å². The lowest BCUT2D eigenvalue weighted by Crippen LogP contribution is -1.95. The minimum Gasteiger partial charge on any atom is -0.486 e. The van der Waals surface area contributed by atoms with Gasteiger partial charge in [0.1, 0.15) is 17.4 Å². The zero-order chi connectivity index (χ0) is 9.80. The molecule has 2 heterocycles. The molecule has 0 unspecified atom stereocenters. The fraction of sp³-hybridized carbons (Fsp3) is 0.111. The van der Waals surface area contributed by atoms with Crippen LogP contribution in [0.4, 0.5) is 5.00 Å². The normalized spacial score (nSPS) is 10.0. The number of hydrogen-bond acceptors (Lipinski definition) is 5. The van der Waals surface area contributed by atoms with Crippen molar-refractivity contribution in [2.45, 2.75) is 6.61 Å². The molecule has 2 aromatic rings. The summed E-state index contributed by atoms with van der Waals surface area (Å²) in [5.41, 5.74) is 6.38. The molecule has 2 aromatic heterocycles. The summed E-state index contributed by atoms with van der Waals surface area (Å²) in [6.45, 7) is 0.430. The van der Waals surface area contributed by atoms with Crippen molar-refractivity contribution in [3.8, 4) is 5.75 Å². The summed E-state index contributed by atoms with van der Waals surface area (Å²) in [5, 5.41) is 0.704. The van der Waals surface area contributed by atoms with Crippen molar-refractivity contribution >= 4 is 16.5 Å². The largest absolute Gasteiger partial charge is 0.486 e. The molecule has 0 aliphatic rings. The number of rotatable bonds is 3. The smallest absolute Gasteiger partial charge is 0.138 e. The quantitative estimate of drug-likeness (QED) is 0.832. The Labute approximate surface area is 85.5 Å². The average Bonchev–Trinajstić information content (AvgIpc) is 2.63. The van der Waals surface area contributed by atoms with E-state index in [0.29, 0.717) is 11.6 Å². The maximum absolute atomic E-state index is 5.54. The summed E-state index contributed by atoms with van der Waals surface area (Å²) in [5.74, 6) is 0.735. The second-order valence-electron chi connectivity index (χ2n) is 2.70. The first-order chi connectivity index (χ1) is 6.84. The van der Waals surface area contributed by atoms with Gasteiger partial charge in [0.2, 0.25) is 0 Å². The Morgan fingerprint density at radius 3 is 3.07 bits per heavy atom. The molecule has 0 atom stereocenters. The Hall–Kier alpha value is -1.62. The summed E-state index contributed by atoms with van der Waals surface area (Å²) in [4.78, 5) is 3.93. The zero-order valence-corrected chi connectivity index (χ0v) is 8.20. The first-order valence-corrected chi connectivity index (χ1v) is 4.86. The fourth-order valence-corrected chi connectivity index (χ4v) is 1.50. The van der Waals surface area contributed by atoms with Crippen LogP contribution in [0.15, 0.2) is 30.6 Å². The van der Waals surface area contributed by atoms with Crippen LogP contribution in [-0.2, 0) is 6.61 Å². The highest BCUT2D eigenvalue weighted by Crippen LogP contribution is 2.14. The van der Waals surface area contributed by atoms with Crippen molar-refractivity contribution < 1.29 is 4.74 Å². The van der Waals surface area contributed by atoms with Gasteiger partial charge < -0.3 is 10.5 Å². The molecule has 0 amide bonds. The number of anilines is 1. The number of nitrogens with two attached hydrogens (primary N) is 1. The van der Waals surface area contributed by atoms with Gasteiger partial charge in [-0.1, -0.05) is 0 Å². The summed E-state index contributed by atoms with van der Waals surface area (Å²) in [6.07, 6.45) is 3.36. The Kier molecular flexibility index (Phi) is 2.60. The highest BCUT2D eigenvalue weighted by Gasteiger charge is 1.99. The third-order valence-corrected chi connectivity index (χ3v) is 2.25. The fourth-order valence-electron chi connectivity index (χ4n) is 0.986. The third kappa shape index (κ3) is 2.20. The van der Waals surface area contributed by atoms with Gasteiger partial charge in [-0.15, -0.1) is 0 Å². The minimum atomic E-state index is 0.430. The van der Waals surface area contributed by atoms with Crippen LogP contribution in [0.1, 0.15) is 5.69 Å². The van der Waals surface area contributed by atoms with Gasteiger partial charge in [-0.3, -0.25) is 4.98 Å². The number of nitrogen functional groups attached to an aromatic ring is 1. The molecule has 0 aromatic carbocycles. The molecule has 2 rings (SSSR count). The molecule has 0 spiro atoms. The molecule has 2 N–H and O–H groups in total. The van der Waals surface area contributed by atoms with Crippen molar-refractivity contribution in [1.82, 2.24) is 9.36 Å². The van der Waals surface area contributed by atoms with Gasteiger partial charge in [0.15, 0.2) is 0 Å². The molecule has 0 bridgehead atoms. The monoisotopic (exact) mass is 207 g/mol. The number of hydrogen-bond donors (Lipinski definition) is 1. The molecule has 0 saturated heterocycles. The topological polar surface area (TPSA) is 61.0 Å². The summed E-state index contributed by atoms with van der Waals surface area (Å²) in [7, 11) is 0. The van der Waals surface area contributed by atoms with Crippen LogP contribution < -0.4 is 10.5 Å². The Morgan fingerprint density at radius 2 is 2.43 bits per heavy atom. The lowest BCUT2D eigenvalue weighted by atomic mass is 10.4. The Bertz CT molecular complexity index is 401. The summed E-state index contributed by atoms with van der Waals surface area (Å²) < 4.78 is 9.53.